The standard InChI is InChI=1S/C17H29N3O4/c1-12(10-13(18)11-15(21)23-5)19-14-6-8-20(9-7-14)16(22)24-17(2,3)4/h10,14H,6-9,11,18H2,1-5H3/b13-10-,19-12?. The number of hydrogen-bond acceptors (Lipinski definition) is 6. The van der Waals surface area contributed by atoms with E-state index < -0.39 is 5.60 Å². The average molecular weight is 339 g/mol. The molecule has 1 aliphatic rings. The van der Waals surface area contributed by atoms with Gasteiger partial charge in [-0.2, -0.15) is 0 Å². The third-order valence-electron chi connectivity index (χ3n) is 3.47. The molecule has 136 valence electrons. The van der Waals surface area contributed by atoms with Crippen LogP contribution in [0.4, 0.5) is 4.79 Å². The second-order valence-corrected chi connectivity index (χ2v) is 6.94. The van der Waals surface area contributed by atoms with Crippen LogP contribution in [-0.4, -0.2) is 54.5 Å². The smallest absolute Gasteiger partial charge is 0.410 e. The molecule has 1 fully saturated rings. The topological polar surface area (TPSA) is 94.2 Å². The van der Waals surface area contributed by atoms with Gasteiger partial charge in [0.1, 0.15) is 5.60 Å². The lowest BCUT2D eigenvalue weighted by Crippen LogP contribution is -2.42. The Labute approximate surface area is 143 Å². The highest BCUT2D eigenvalue weighted by molar-refractivity contribution is 5.94. The summed E-state index contributed by atoms with van der Waals surface area (Å²) in [7, 11) is 1.33. The Morgan fingerprint density at radius 1 is 1.29 bits per heavy atom. The molecule has 0 atom stereocenters. The van der Waals surface area contributed by atoms with Gasteiger partial charge in [0.25, 0.3) is 0 Å². The molecule has 1 rings (SSSR count). The second kappa shape index (κ2) is 8.70. The van der Waals surface area contributed by atoms with Crippen LogP contribution in [0.25, 0.3) is 0 Å². The Morgan fingerprint density at radius 3 is 2.38 bits per heavy atom. The molecule has 0 aromatic heterocycles. The molecule has 0 spiro atoms. The molecule has 0 aromatic carbocycles. The summed E-state index contributed by atoms with van der Waals surface area (Å²) >= 11 is 0. The Balaban J connectivity index is 2.51. The number of nitrogens with zero attached hydrogens (tertiary/aromatic N) is 2. The zero-order valence-corrected chi connectivity index (χ0v) is 15.3. The van der Waals surface area contributed by atoms with E-state index in [0.717, 1.165) is 18.6 Å². The average Bonchev–Trinajstić information content (AvgIpc) is 2.45. The molecule has 0 bridgehead atoms. The molecular formula is C17H29N3O4. The van der Waals surface area contributed by atoms with Crippen LogP contribution in [0.5, 0.6) is 0 Å². The van der Waals surface area contributed by atoms with Crippen LogP contribution in [0.2, 0.25) is 0 Å². The Bertz CT molecular complexity index is 512. The summed E-state index contributed by atoms with van der Waals surface area (Å²) in [5, 5.41) is 0. The van der Waals surface area contributed by atoms with Gasteiger partial charge in [0, 0.05) is 24.5 Å². The lowest BCUT2D eigenvalue weighted by Gasteiger charge is -2.32. The lowest BCUT2D eigenvalue weighted by molar-refractivity contribution is -0.139. The first-order valence-corrected chi connectivity index (χ1v) is 8.16. The van der Waals surface area contributed by atoms with Gasteiger partial charge in [0.05, 0.1) is 19.6 Å². The number of esters is 1. The SMILES string of the molecule is COC(=O)C/C(N)=C/C(C)=NC1CCN(C(=O)OC(C)(C)C)CC1. The number of carbonyl (C=O) groups excluding carboxylic acids is 2. The lowest BCUT2D eigenvalue weighted by atomic mass is 10.1. The molecule has 2 N–H and O–H groups in total. The Morgan fingerprint density at radius 2 is 1.88 bits per heavy atom. The number of allylic oxidation sites excluding steroid dienone is 1. The van der Waals surface area contributed by atoms with E-state index in [0.29, 0.717) is 18.8 Å². The third kappa shape index (κ3) is 7.48. The molecule has 1 aliphatic heterocycles. The first kappa shape index (κ1) is 20.0. The molecule has 7 nitrogen and oxygen atoms in total. The van der Waals surface area contributed by atoms with E-state index in [4.69, 9.17) is 10.5 Å². The molecular weight excluding hydrogens is 310 g/mol. The van der Waals surface area contributed by atoms with Gasteiger partial charge < -0.3 is 20.1 Å². The summed E-state index contributed by atoms with van der Waals surface area (Å²) in [6.07, 6.45) is 3.03. The van der Waals surface area contributed by atoms with E-state index in [-0.39, 0.29) is 24.5 Å². The van der Waals surface area contributed by atoms with Crippen molar-refractivity contribution in [3.05, 3.63) is 11.8 Å². The third-order valence-corrected chi connectivity index (χ3v) is 3.47. The van der Waals surface area contributed by atoms with Gasteiger partial charge >= 0.3 is 12.1 Å². The van der Waals surface area contributed by atoms with Crippen molar-refractivity contribution in [1.29, 1.82) is 0 Å². The minimum atomic E-state index is -0.482. The van der Waals surface area contributed by atoms with Crippen LogP contribution in [-0.2, 0) is 14.3 Å². The number of amides is 1. The maximum Gasteiger partial charge on any atom is 0.410 e. The molecule has 0 aliphatic carbocycles. The van der Waals surface area contributed by atoms with Gasteiger partial charge in [-0.15, -0.1) is 0 Å². The number of carbonyl (C=O) groups is 2. The first-order chi connectivity index (χ1) is 11.1. The number of aliphatic imine (C=N–C) groups is 1. The molecule has 0 radical (unpaired) electrons. The van der Waals surface area contributed by atoms with Gasteiger partial charge in [0.2, 0.25) is 0 Å². The van der Waals surface area contributed by atoms with Gasteiger partial charge in [-0.3, -0.25) is 9.79 Å². The fourth-order valence-corrected chi connectivity index (χ4v) is 2.39. The van der Waals surface area contributed by atoms with Crippen LogP contribution >= 0.6 is 0 Å². The highest BCUT2D eigenvalue weighted by Gasteiger charge is 2.26. The van der Waals surface area contributed by atoms with Gasteiger partial charge in [-0.1, -0.05) is 0 Å². The predicted molar refractivity (Wildman–Crippen MR) is 92.8 cm³/mol. The van der Waals surface area contributed by atoms with Crippen molar-refractivity contribution in [2.45, 2.75) is 58.6 Å². The van der Waals surface area contributed by atoms with Crippen molar-refractivity contribution in [3.63, 3.8) is 0 Å². The highest BCUT2D eigenvalue weighted by atomic mass is 16.6. The molecule has 0 saturated carbocycles. The van der Waals surface area contributed by atoms with Crippen LogP contribution in [0.3, 0.4) is 0 Å². The summed E-state index contributed by atoms with van der Waals surface area (Å²) in [4.78, 5) is 29.5. The van der Waals surface area contributed by atoms with Crippen molar-refractivity contribution < 1.29 is 19.1 Å². The monoisotopic (exact) mass is 339 g/mol. The molecule has 0 unspecified atom stereocenters. The molecule has 1 heterocycles. The van der Waals surface area contributed by atoms with E-state index in [1.54, 1.807) is 11.0 Å². The van der Waals surface area contributed by atoms with Crippen molar-refractivity contribution >= 4 is 17.8 Å². The summed E-state index contributed by atoms with van der Waals surface area (Å²) < 4.78 is 9.95. The number of methoxy groups -OCH3 is 1. The van der Waals surface area contributed by atoms with Crippen LogP contribution < -0.4 is 5.73 Å². The second-order valence-electron chi connectivity index (χ2n) is 6.94. The number of likely N-dealkylation sites (tertiary alicyclic amines) is 1. The Kier molecular flexibility index (Phi) is 7.25. The fraction of sp³-hybridized carbons (Fsp3) is 0.706. The van der Waals surface area contributed by atoms with Gasteiger partial charge in [0.15, 0.2) is 0 Å². The van der Waals surface area contributed by atoms with Crippen LogP contribution in [0.15, 0.2) is 16.8 Å². The predicted octanol–water partition coefficient (Wildman–Crippen LogP) is 2.25. The maximum absolute atomic E-state index is 12.0. The van der Waals surface area contributed by atoms with Crippen molar-refractivity contribution in [2.75, 3.05) is 20.2 Å². The maximum atomic E-state index is 12.0. The quantitative estimate of drug-likeness (QED) is 0.626. The normalized spacial score (nSPS) is 17.6. The van der Waals surface area contributed by atoms with Crippen molar-refractivity contribution in [2.24, 2.45) is 10.7 Å². The van der Waals surface area contributed by atoms with Gasteiger partial charge in [-0.25, -0.2) is 4.79 Å². The van der Waals surface area contributed by atoms with Gasteiger partial charge in [-0.05, 0) is 46.6 Å². The molecule has 0 aromatic rings. The summed E-state index contributed by atoms with van der Waals surface area (Å²) in [5.74, 6) is -0.373. The fourth-order valence-electron chi connectivity index (χ4n) is 2.39. The number of ether oxygens (including phenoxy) is 2. The minimum absolute atomic E-state index is 0.0560. The zero-order valence-electron chi connectivity index (χ0n) is 15.3. The molecule has 24 heavy (non-hydrogen) atoms. The van der Waals surface area contributed by atoms with E-state index in [9.17, 15) is 9.59 Å². The number of rotatable bonds is 4. The van der Waals surface area contributed by atoms with Crippen molar-refractivity contribution in [1.82, 2.24) is 4.90 Å². The van der Waals surface area contributed by atoms with E-state index in [2.05, 4.69) is 9.73 Å². The number of nitrogens with two attached hydrogens (primary N) is 1. The zero-order chi connectivity index (χ0) is 18.3. The molecule has 1 amide bonds. The van der Waals surface area contributed by atoms with E-state index in [1.165, 1.54) is 7.11 Å². The Hall–Kier alpha value is -2.05. The summed E-state index contributed by atoms with van der Waals surface area (Å²) in [6, 6.07) is 0.144. The first-order valence-electron chi connectivity index (χ1n) is 8.16. The molecule has 1 saturated heterocycles. The summed E-state index contributed by atoms with van der Waals surface area (Å²) in [5.41, 5.74) is 6.50. The van der Waals surface area contributed by atoms with E-state index in [1.807, 2.05) is 27.7 Å². The van der Waals surface area contributed by atoms with Crippen LogP contribution in [0, 0.1) is 0 Å². The van der Waals surface area contributed by atoms with Crippen LogP contribution in [0.1, 0.15) is 47.0 Å². The molecule has 7 heteroatoms. The number of piperidine rings is 1. The van der Waals surface area contributed by atoms with E-state index >= 15 is 0 Å². The highest BCUT2D eigenvalue weighted by Crippen LogP contribution is 2.17. The largest absolute Gasteiger partial charge is 0.469 e. The number of hydrogen-bond donors (Lipinski definition) is 1. The minimum Gasteiger partial charge on any atom is -0.469 e. The van der Waals surface area contributed by atoms with Crippen molar-refractivity contribution in [3.8, 4) is 0 Å². The summed E-state index contributed by atoms with van der Waals surface area (Å²) in [6.45, 7) is 8.67.